The van der Waals surface area contributed by atoms with Gasteiger partial charge in [0.05, 0.1) is 5.71 Å². The Morgan fingerprint density at radius 3 is 2.50 bits per heavy atom. The van der Waals surface area contributed by atoms with Crippen molar-refractivity contribution < 1.29 is 9.94 Å². The molecular formula is C11H15NO2. The van der Waals surface area contributed by atoms with Crippen LogP contribution < -0.4 is 0 Å². The smallest absolute Gasteiger partial charge is 0.118 e. The van der Waals surface area contributed by atoms with Crippen LogP contribution in [-0.2, 0) is 4.84 Å². The van der Waals surface area contributed by atoms with Crippen molar-refractivity contribution in [1.29, 1.82) is 0 Å². The van der Waals surface area contributed by atoms with Crippen LogP contribution in [0, 0.1) is 13.8 Å². The van der Waals surface area contributed by atoms with Crippen LogP contribution >= 0.6 is 0 Å². The van der Waals surface area contributed by atoms with Crippen LogP contribution in [-0.4, -0.2) is 17.9 Å². The zero-order chi connectivity index (χ0) is 10.7. The molecule has 1 aromatic carbocycles. The number of phenolic OH excluding ortho intramolecular Hbond substituents is 1. The van der Waals surface area contributed by atoms with E-state index in [0.29, 0.717) is 5.75 Å². The molecule has 0 fully saturated rings. The first-order valence-electron chi connectivity index (χ1n) is 4.44. The summed E-state index contributed by atoms with van der Waals surface area (Å²) in [5.74, 6) is 0.316. The molecule has 0 aliphatic rings. The van der Waals surface area contributed by atoms with E-state index in [1.165, 1.54) is 7.11 Å². The number of hydrogen-bond acceptors (Lipinski definition) is 3. The van der Waals surface area contributed by atoms with Crippen LogP contribution in [0.5, 0.6) is 5.75 Å². The fraction of sp³-hybridized carbons (Fsp3) is 0.364. The fourth-order valence-corrected chi connectivity index (χ4v) is 1.38. The summed E-state index contributed by atoms with van der Waals surface area (Å²) in [6, 6.07) is 3.64. The van der Waals surface area contributed by atoms with Crippen LogP contribution in [0.4, 0.5) is 0 Å². The molecule has 0 spiro atoms. The van der Waals surface area contributed by atoms with Crippen molar-refractivity contribution in [2.45, 2.75) is 20.8 Å². The van der Waals surface area contributed by atoms with E-state index in [9.17, 15) is 5.11 Å². The van der Waals surface area contributed by atoms with Crippen LogP contribution in [0.2, 0.25) is 0 Å². The summed E-state index contributed by atoms with van der Waals surface area (Å²) >= 11 is 0. The van der Waals surface area contributed by atoms with Crippen molar-refractivity contribution in [1.82, 2.24) is 0 Å². The SMILES string of the molecule is CON=C(C)c1cc(C)c(O)cc1C. The highest BCUT2D eigenvalue weighted by Crippen LogP contribution is 2.21. The van der Waals surface area contributed by atoms with E-state index in [1.807, 2.05) is 26.8 Å². The second-order valence-corrected chi connectivity index (χ2v) is 3.31. The second kappa shape index (κ2) is 4.13. The molecule has 76 valence electrons. The molecular weight excluding hydrogens is 178 g/mol. The summed E-state index contributed by atoms with van der Waals surface area (Å²) in [6.07, 6.45) is 0. The average molecular weight is 193 g/mol. The van der Waals surface area contributed by atoms with E-state index in [2.05, 4.69) is 5.16 Å². The largest absolute Gasteiger partial charge is 0.508 e. The van der Waals surface area contributed by atoms with Crippen LogP contribution in [0.3, 0.4) is 0 Å². The topological polar surface area (TPSA) is 41.8 Å². The van der Waals surface area contributed by atoms with E-state index in [-0.39, 0.29) is 0 Å². The normalized spacial score (nSPS) is 11.6. The Balaban J connectivity index is 3.22. The quantitative estimate of drug-likeness (QED) is 0.578. The van der Waals surface area contributed by atoms with Crippen molar-refractivity contribution in [3.63, 3.8) is 0 Å². The van der Waals surface area contributed by atoms with E-state index in [1.54, 1.807) is 6.07 Å². The van der Waals surface area contributed by atoms with Gasteiger partial charge in [-0.05, 0) is 44.0 Å². The summed E-state index contributed by atoms with van der Waals surface area (Å²) in [4.78, 5) is 4.71. The molecule has 0 radical (unpaired) electrons. The molecule has 3 nitrogen and oxygen atoms in total. The minimum atomic E-state index is 0.316. The molecule has 0 bridgehead atoms. The van der Waals surface area contributed by atoms with Gasteiger partial charge in [0.1, 0.15) is 12.9 Å². The summed E-state index contributed by atoms with van der Waals surface area (Å²) < 4.78 is 0. The van der Waals surface area contributed by atoms with Crippen LogP contribution in [0.1, 0.15) is 23.6 Å². The Morgan fingerprint density at radius 2 is 1.93 bits per heavy atom. The second-order valence-electron chi connectivity index (χ2n) is 3.31. The molecule has 0 atom stereocenters. The van der Waals surface area contributed by atoms with E-state index in [0.717, 1.165) is 22.4 Å². The number of rotatable bonds is 2. The molecule has 1 aromatic rings. The van der Waals surface area contributed by atoms with Crippen molar-refractivity contribution >= 4 is 5.71 Å². The zero-order valence-corrected chi connectivity index (χ0v) is 8.96. The predicted octanol–water partition coefficient (Wildman–Crippen LogP) is 2.38. The molecule has 0 aliphatic heterocycles. The molecule has 0 aliphatic carbocycles. The highest BCUT2D eigenvalue weighted by atomic mass is 16.6. The van der Waals surface area contributed by atoms with Crippen molar-refractivity contribution in [2.24, 2.45) is 5.16 Å². The lowest BCUT2D eigenvalue weighted by molar-refractivity contribution is 0.213. The highest BCUT2D eigenvalue weighted by molar-refractivity contribution is 5.99. The number of hydrogen-bond donors (Lipinski definition) is 1. The third-order valence-electron chi connectivity index (χ3n) is 2.16. The summed E-state index contributed by atoms with van der Waals surface area (Å²) in [6.45, 7) is 5.67. The molecule has 0 unspecified atom stereocenters. The average Bonchev–Trinajstić information content (AvgIpc) is 2.11. The van der Waals surface area contributed by atoms with Gasteiger partial charge in [0.2, 0.25) is 0 Å². The highest BCUT2D eigenvalue weighted by Gasteiger charge is 2.06. The minimum absolute atomic E-state index is 0.316. The van der Waals surface area contributed by atoms with Crippen LogP contribution in [0.25, 0.3) is 0 Å². The predicted molar refractivity (Wildman–Crippen MR) is 56.8 cm³/mol. The monoisotopic (exact) mass is 193 g/mol. The lowest BCUT2D eigenvalue weighted by atomic mass is 10.0. The van der Waals surface area contributed by atoms with Gasteiger partial charge in [-0.15, -0.1) is 0 Å². The Bertz CT molecular complexity index is 370. The lowest BCUT2D eigenvalue weighted by Gasteiger charge is -2.07. The molecule has 0 amide bonds. The Labute approximate surface area is 84.0 Å². The van der Waals surface area contributed by atoms with E-state index >= 15 is 0 Å². The maximum absolute atomic E-state index is 9.47. The number of nitrogens with zero attached hydrogens (tertiary/aromatic N) is 1. The molecule has 1 N–H and O–H groups in total. The van der Waals surface area contributed by atoms with Gasteiger partial charge in [-0.1, -0.05) is 5.16 Å². The lowest BCUT2D eigenvalue weighted by Crippen LogP contribution is -1.99. The molecule has 1 rings (SSSR count). The van der Waals surface area contributed by atoms with Crippen molar-refractivity contribution in [3.8, 4) is 5.75 Å². The molecule has 14 heavy (non-hydrogen) atoms. The minimum Gasteiger partial charge on any atom is -0.508 e. The standard InChI is InChI=1S/C11H15NO2/c1-7-6-11(13)8(2)5-10(7)9(3)12-14-4/h5-6,13H,1-4H3. The van der Waals surface area contributed by atoms with Crippen LogP contribution in [0.15, 0.2) is 17.3 Å². The maximum Gasteiger partial charge on any atom is 0.118 e. The number of benzene rings is 1. The van der Waals surface area contributed by atoms with Gasteiger partial charge in [0.15, 0.2) is 0 Å². The number of phenols is 1. The van der Waals surface area contributed by atoms with Crippen molar-refractivity contribution in [2.75, 3.05) is 7.11 Å². The Kier molecular flexibility index (Phi) is 3.12. The van der Waals surface area contributed by atoms with Gasteiger partial charge < -0.3 is 9.94 Å². The molecule has 0 saturated carbocycles. The zero-order valence-electron chi connectivity index (χ0n) is 8.96. The van der Waals surface area contributed by atoms with Gasteiger partial charge in [0.25, 0.3) is 0 Å². The van der Waals surface area contributed by atoms with Gasteiger partial charge in [-0.3, -0.25) is 0 Å². The van der Waals surface area contributed by atoms with Gasteiger partial charge in [0, 0.05) is 5.56 Å². The van der Waals surface area contributed by atoms with E-state index < -0.39 is 0 Å². The summed E-state index contributed by atoms with van der Waals surface area (Å²) in [5.41, 5.74) is 3.65. The maximum atomic E-state index is 9.47. The molecule has 0 aromatic heterocycles. The number of oxime groups is 1. The molecule has 3 heteroatoms. The fourth-order valence-electron chi connectivity index (χ4n) is 1.38. The summed E-state index contributed by atoms with van der Waals surface area (Å²) in [5, 5.41) is 13.3. The third-order valence-corrected chi connectivity index (χ3v) is 2.16. The summed E-state index contributed by atoms with van der Waals surface area (Å²) in [7, 11) is 1.52. The Morgan fingerprint density at radius 1 is 1.29 bits per heavy atom. The third kappa shape index (κ3) is 2.05. The van der Waals surface area contributed by atoms with E-state index in [4.69, 9.17) is 4.84 Å². The molecule has 0 heterocycles. The molecule has 0 saturated heterocycles. The number of aryl methyl sites for hydroxylation is 2. The van der Waals surface area contributed by atoms with Crippen molar-refractivity contribution in [3.05, 3.63) is 28.8 Å². The first kappa shape index (κ1) is 10.6. The first-order chi connectivity index (χ1) is 6.56. The van der Waals surface area contributed by atoms with Gasteiger partial charge in [-0.25, -0.2) is 0 Å². The first-order valence-corrected chi connectivity index (χ1v) is 4.44. The number of aromatic hydroxyl groups is 1. The van der Waals surface area contributed by atoms with Gasteiger partial charge in [-0.2, -0.15) is 0 Å². The van der Waals surface area contributed by atoms with Gasteiger partial charge >= 0.3 is 0 Å². The Hall–Kier alpha value is -1.51.